The molecule has 0 spiro atoms. The monoisotopic (exact) mass is 437 g/mol. The van der Waals surface area contributed by atoms with Crippen LogP contribution >= 0.6 is 11.3 Å². The zero-order valence-corrected chi connectivity index (χ0v) is 18.0. The summed E-state index contributed by atoms with van der Waals surface area (Å²) in [5.74, 6) is 1.98. The summed E-state index contributed by atoms with van der Waals surface area (Å²) in [4.78, 5) is 19.9. The lowest BCUT2D eigenvalue weighted by molar-refractivity contribution is 0.0951. The van der Waals surface area contributed by atoms with E-state index >= 15 is 0 Å². The molecule has 3 aromatic rings. The van der Waals surface area contributed by atoms with Crippen LogP contribution in [0.25, 0.3) is 11.3 Å². The fourth-order valence-electron chi connectivity index (χ4n) is 3.83. The van der Waals surface area contributed by atoms with Crippen molar-refractivity contribution in [3.05, 3.63) is 52.9 Å². The van der Waals surface area contributed by atoms with Crippen LogP contribution in [0.5, 0.6) is 17.2 Å². The van der Waals surface area contributed by atoms with Crippen LogP contribution in [0.1, 0.15) is 28.8 Å². The molecule has 0 radical (unpaired) electrons. The van der Waals surface area contributed by atoms with Gasteiger partial charge in [-0.15, -0.1) is 11.3 Å². The molecule has 0 saturated carbocycles. The van der Waals surface area contributed by atoms with E-state index in [1.54, 1.807) is 24.5 Å². The van der Waals surface area contributed by atoms with E-state index in [9.17, 15) is 4.79 Å². The molecule has 31 heavy (non-hydrogen) atoms. The minimum atomic E-state index is -0.156. The van der Waals surface area contributed by atoms with Crippen LogP contribution < -0.4 is 24.4 Å². The molecule has 1 fully saturated rings. The Balaban J connectivity index is 1.33. The van der Waals surface area contributed by atoms with Crippen LogP contribution in [-0.2, 0) is 6.54 Å². The molecule has 8 heteroatoms. The van der Waals surface area contributed by atoms with Crippen molar-refractivity contribution in [1.82, 2.24) is 10.3 Å². The maximum Gasteiger partial charge on any atom is 0.251 e. The second-order valence-corrected chi connectivity index (χ2v) is 8.33. The van der Waals surface area contributed by atoms with Gasteiger partial charge in [-0.1, -0.05) is 6.07 Å². The Morgan fingerprint density at radius 3 is 2.84 bits per heavy atom. The SMILES string of the molecule is COc1ccc(C(=O)NCc2ccc3c(c2)OCO3)cc1-c1csc(N2CCCC2)n1. The quantitative estimate of drug-likeness (QED) is 0.627. The molecule has 2 aliphatic heterocycles. The molecule has 5 rings (SSSR count). The molecule has 1 amide bonds. The van der Waals surface area contributed by atoms with E-state index < -0.39 is 0 Å². The topological polar surface area (TPSA) is 72.9 Å². The zero-order chi connectivity index (χ0) is 21.2. The van der Waals surface area contributed by atoms with Gasteiger partial charge in [-0.2, -0.15) is 0 Å². The number of thiazole rings is 1. The molecular formula is C23H23N3O4S. The first kappa shape index (κ1) is 19.7. The van der Waals surface area contributed by atoms with E-state index in [1.165, 1.54) is 12.8 Å². The second kappa shape index (κ2) is 8.47. The molecule has 0 bridgehead atoms. The lowest BCUT2D eigenvalue weighted by atomic mass is 10.1. The Kier molecular flexibility index (Phi) is 5.38. The van der Waals surface area contributed by atoms with Crippen molar-refractivity contribution in [1.29, 1.82) is 0 Å². The molecule has 1 N–H and O–H groups in total. The normalized spacial score (nSPS) is 14.7. The van der Waals surface area contributed by atoms with Gasteiger partial charge in [0.15, 0.2) is 16.6 Å². The first-order valence-electron chi connectivity index (χ1n) is 10.3. The number of rotatable bonds is 6. The highest BCUT2D eigenvalue weighted by Gasteiger charge is 2.19. The smallest absolute Gasteiger partial charge is 0.251 e. The van der Waals surface area contributed by atoms with Crippen molar-refractivity contribution in [2.24, 2.45) is 0 Å². The Morgan fingerprint density at radius 2 is 2.00 bits per heavy atom. The van der Waals surface area contributed by atoms with Gasteiger partial charge in [-0.05, 0) is 48.7 Å². The van der Waals surface area contributed by atoms with Gasteiger partial charge in [0.05, 0.1) is 12.8 Å². The number of anilines is 1. The van der Waals surface area contributed by atoms with Crippen molar-refractivity contribution in [2.45, 2.75) is 19.4 Å². The van der Waals surface area contributed by atoms with Gasteiger partial charge in [0.2, 0.25) is 6.79 Å². The Labute approximate surface area is 184 Å². The highest BCUT2D eigenvalue weighted by molar-refractivity contribution is 7.14. The minimum Gasteiger partial charge on any atom is -0.496 e. The number of nitrogens with one attached hydrogen (secondary N) is 1. The lowest BCUT2D eigenvalue weighted by Gasteiger charge is -2.13. The highest BCUT2D eigenvalue weighted by Crippen LogP contribution is 2.35. The zero-order valence-electron chi connectivity index (χ0n) is 17.2. The van der Waals surface area contributed by atoms with E-state index in [1.807, 2.05) is 35.7 Å². The third kappa shape index (κ3) is 4.03. The highest BCUT2D eigenvalue weighted by atomic mass is 32.1. The van der Waals surface area contributed by atoms with Crippen molar-refractivity contribution in [3.8, 4) is 28.5 Å². The number of fused-ring (bicyclic) bond motifs is 1. The third-order valence-corrected chi connectivity index (χ3v) is 6.40. The molecule has 7 nitrogen and oxygen atoms in total. The molecule has 2 aromatic carbocycles. The lowest BCUT2D eigenvalue weighted by Crippen LogP contribution is -2.22. The third-order valence-electron chi connectivity index (χ3n) is 5.50. The van der Waals surface area contributed by atoms with E-state index in [4.69, 9.17) is 19.2 Å². The average Bonchev–Trinajstić information content (AvgIpc) is 3.57. The maximum atomic E-state index is 12.8. The van der Waals surface area contributed by atoms with Gasteiger partial charge < -0.3 is 24.4 Å². The van der Waals surface area contributed by atoms with Crippen LogP contribution in [0.15, 0.2) is 41.8 Å². The molecular weight excluding hydrogens is 414 g/mol. The van der Waals surface area contributed by atoms with Crippen LogP contribution in [0.3, 0.4) is 0 Å². The van der Waals surface area contributed by atoms with Gasteiger partial charge in [-0.25, -0.2) is 4.98 Å². The van der Waals surface area contributed by atoms with Crippen LogP contribution in [0, 0.1) is 0 Å². The van der Waals surface area contributed by atoms with Crippen molar-refractivity contribution in [2.75, 3.05) is 31.9 Å². The average molecular weight is 438 g/mol. The number of benzene rings is 2. The number of carbonyl (C=O) groups is 1. The summed E-state index contributed by atoms with van der Waals surface area (Å²) in [6.07, 6.45) is 2.41. The van der Waals surface area contributed by atoms with E-state index in [0.29, 0.717) is 23.6 Å². The minimum absolute atomic E-state index is 0.156. The van der Waals surface area contributed by atoms with Crippen LogP contribution in [0.4, 0.5) is 5.13 Å². The van der Waals surface area contributed by atoms with Crippen molar-refractivity contribution >= 4 is 22.4 Å². The van der Waals surface area contributed by atoms with Gasteiger partial charge in [0.25, 0.3) is 5.91 Å². The maximum absolute atomic E-state index is 12.8. The number of methoxy groups -OCH3 is 1. The standard InChI is InChI=1S/C23H23N3O4S/c1-28-19-7-5-16(11-17(19)18-13-31-23(25-18)26-8-2-3-9-26)22(27)24-12-15-4-6-20-21(10-15)30-14-29-20/h4-7,10-11,13H,2-3,8-9,12,14H2,1H3,(H,24,27). The molecule has 160 valence electrons. The summed E-state index contributed by atoms with van der Waals surface area (Å²) < 4.78 is 16.3. The van der Waals surface area contributed by atoms with Gasteiger partial charge in [0, 0.05) is 36.1 Å². The largest absolute Gasteiger partial charge is 0.496 e. The number of nitrogens with zero attached hydrogens (tertiary/aromatic N) is 2. The van der Waals surface area contributed by atoms with E-state index in [-0.39, 0.29) is 12.7 Å². The summed E-state index contributed by atoms with van der Waals surface area (Å²) >= 11 is 1.63. The number of amides is 1. The van der Waals surface area contributed by atoms with Crippen molar-refractivity contribution < 1.29 is 19.0 Å². The molecule has 1 aromatic heterocycles. The van der Waals surface area contributed by atoms with Crippen molar-refractivity contribution in [3.63, 3.8) is 0 Å². The molecule has 2 aliphatic rings. The Morgan fingerprint density at radius 1 is 1.16 bits per heavy atom. The van der Waals surface area contributed by atoms with Gasteiger partial charge >= 0.3 is 0 Å². The predicted octanol–water partition coefficient (Wildman–Crippen LogP) is 4.08. The first-order chi connectivity index (χ1) is 15.2. The second-order valence-electron chi connectivity index (χ2n) is 7.49. The fraction of sp³-hybridized carbons (Fsp3) is 0.304. The molecule has 3 heterocycles. The number of hydrogen-bond donors (Lipinski definition) is 1. The predicted molar refractivity (Wildman–Crippen MR) is 119 cm³/mol. The van der Waals surface area contributed by atoms with Gasteiger partial charge in [-0.3, -0.25) is 4.79 Å². The molecule has 1 saturated heterocycles. The fourth-order valence-corrected chi connectivity index (χ4v) is 4.71. The first-order valence-corrected chi connectivity index (χ1v) is 11.1. The Hall–Kier alpha value is -3.26. The summed E-state index contributed by atoms with van der Waals surface area (Å²) in [7, 11) is 1.63. The summed E-state index contributed by atoms with van der Waals surface area (Å²) in [6, 6.07) is 11.1. The number of ether oxygens (including phenoxy) is 3. The number of carbonyl (C=O) groups excluding carboxylic acids is 1. The summed E-state index contributed by atoms with van der Waals surface area (Å²) in [6.45, 7) is 2.72. The van der Waals surface area contributed by atoms with E-state index in [2.05, 4.69) is 10.2 Å². The van der Waals surface area contributed by atoms with E-state index in [0.717, 1.165) is 40.8 Å². The summed E-state index contributed by atoms with van der Waals surface area (Å²) in [5.41, 5.74) is 3.16. The number of aromatic nitrogens is 1. The summed E-state index contributed by atoms with van der Waals surface area (Å²) in [5, 5.41) is 6.02. The van der Waals surface area contributed by atoms with Crippen LogP contribution in [0.2, 0.25) is 0 Å². The number of hydrogen-bond acceptors (Lipinski definition) is 7. The molecule has 0 aliphatic carbocycles. The van der Waals surface area contributed by atoms with Gasteiger partial charge in [0.1, 0.15) is 5.75 Å². The molecule has 0 unspecified atom stereocenters. The Bertz CT molecular complexity index is 1110. The molecule has 0 atom stereocenters. The van der Waals surface area contributed by atoms with Crippen LogP contribution in [-0.4, -0.2) is 37.9 Å².